The number of methoxy groups -OCH3 is 2. The average Bonchev–Trinajstić information content (AvgIpc) is 2.43. The zero-order chi connectivity index (χ0) is 15.6. The molecule has 6 nitrogen and oxygen atoms in total. The van der Waals surface area contributed by atoms with Gasteiger partial charge < -0.3 is 14.4 Å². The molecule has 0 spiro atoms. The van der Waals surface area contributed by atoms with Gasteiger partial charge in [0.25, 0.3) is 0 Å². The van der Waals surface area contributed by atoms with E-state index in [1.165, 1.54) is 0 Å². The Bertz CT molecular complexity index is 706. The smallest absolute Gasteiger partial charge is 0.224 e. The molecule has 0 aliphatic rings. The van der Waals surface area contributed by atoms with Crippen LogP contribution < -0.4 is 9.47 Å². The van der Waals surface area contributed by atoms with Crippen molar-refractivity contribution in [3.8, 4) is 11.5 Å². The highest BCUT2D eigenvalue weighted by atomic mass is 127. The summed E-state index contributed by atoms with van der Waals surface area (Å²) in [5, 5.41) is 0.909. The van der Waals surface area contributed by atoms with Crippen molar-refractivity contribution < 1.29 is 9.47 Å². The van der Waals surface area contributed by atoms with E-state index in [2.05, 4.69) is 37.6 Å². The number of ether oxygens (including phenoxy) is 2. The number of benzene rings is 1. The summed E-state index contributed by atoms with van der Waals surface area (Å²) in [7, 11) is 6.92. The number of fused-ring (bicyclic) bond motifs is 1. The Morgan fingerprint density at radius 3 is 2.57 bits per heavy atom. The maximum atomic E-state index is 5.98. The molecule has 0 radical (unpaired) electrons. The molecule has 0 bridgehead atoms. The lowest BCUT2D eigenvalue weighted by atomic mass is 10.2. The summed E-state index contributed by atoms with van der Waals surface area (Å²) in [5.41, 5.74) is 0.656. The highest BCUT2D eigenvalue weighted by Gasteiger charge is 2.18. The minimum Gasteiger partial charge on any atom is -0.493 e. The molecule has 112 valence electrons. The van der Waals surface area contributed by atoms with Crippen molar-refractivity contribution in [1.29, 1.82) is 0 Å². The summed E-state index contributed by atoms with van der Waals surface area (Å²) in [5.74, 6) is 1.70. The summed E-state index contributed by atoms with van der Waals surface area (Å²) in [6.45, 7) is 0. The van der Waals surface area contributed by atoms with Crippen molar-refractivity contribution in [3.05, 3.63) is 14.9 Å². The van der Waals surface area contributed by atoms with Crippen LogP contribution in [0.25, 0.3) is 10.9 Å². The predicted molar refractivity (Wildman–Crippen MR) is 92.2 cm³/mol. The second-order valence-electron chi connectivity index (χ2n) is 4.34. The molecule has 21 heavy (non-hydrogen) atoms. The van der Waals surface area contributed by atoms with E-state index < -0.39 is 0 Å². The molecule has 8 heteroatoms. The molecule has 1 aromatic heterocycles. The van der Waals surface area contributed by atoms with E-state index in [1.807, 2.05) is 19.0 Å². The van der Waals surface area contributed by atoms with E-state index in [4.69, 9.17) is 21.1 Å². The van der Waals surface area contributed by atoms with Crippen LogP contribution >= 0.6 is 34.2 Å². The molecule has 0 N–H and O–H groups in total. The molecule has 0 unspecified atom stereocenters. The normalized spacial score (nSPS) is 11.1. The SMILES string of the molecule is COc1cc2nc(Cl)nc(N=CN(C)C)c2c(I)c1OC. The fraction of sp³-hybridized carbons (Fsp3) is 0.308. The molecule has 0 amide bonds. The first-order valence-electron chi connectivity index (χ1n) is 5.96. The number of rotatable bonds is 4. The minimum atomic E-state index is 0.136. The van der Waals surface area contributed by atoms with Crippen molar-refractivity contribution >= 4 is 57.3 Å². The number of hydrogen-bond acceptors (Lipinski definition) is 5. The van der Waals surface area contributed by atoms with Crippen LogP contribution in [0.3, 0.4) is 0 Å². The molecule has 0 aliphatic carbocycles. The number of nitrogens with zero attached hydrogens (tertiary/aromatic N) is 4. The van der Waals surface area contributed by atoms with Crippen LogP contribution in [0.4, 0.5) is 5.82 Å². The summed E-state index contributed by atoms with van der Waals surface area (Å²) in [6.07, 6.45) is 1.66. The van der Waals surface area contributed by atoms with Gasteiger partial charge in [-0.1, -0.05) is 0 Å². The minimum absolute atomic E-state index is 0.136. The van der Waals surface area contributed by atoms with E-state index in [1.54, 1.807) is 26.6 Å². The molecule has 2 rings (SSSR count). The Kier molecular flexibility index (Phi) is 5.04. The van der Waals surface area contributed by atoms with Crippen LogP contribution in [0.1, 0.15) is 0 Å². The highest BCUT2D eigenvalue weighted by Crippen LogP contribution is 2.40. The molecule has 0 atom stereocenters. The largest absolute Gasteiger partial charge is 0.493 e. The molecular weight excluding hydrogens is 407 g/mol. The number of aromatic nitrogens is 2. The third-order valence-electron chi connectivity index (χ3n) is 2.64. The highest BCUT2D eigenvalue weighted by molar-refractivity contribution is 14.1. The Morgan fingerprint density at radius 2 is 2.00 bits per heavy atom. The lowest BCUT2D eigenvalue weighted by Gasteiger charge is -2.13. The lowest BCUT2D eigenvalue weighted by molar-refractivity contribution is 0.354. The molecule has 0 aliphatic heterocycles. The molecule has 1 heterocycles. The maximum absolute atomic E-state index is 5.98. The third-order valence-corrected chi connectivity index (χ3v) is 3.83. The first kappa shape index (κ1) is 16.0. The second kappa shape index (κ2) is 6.61. The third kappa shape index (κ3) is 3.29. The lowest BCUT2D eigenvalue weighted by Crippen LogP contribution is -2.07. The van der Waals surface area contributed by atoms with E-state index in [9.17, 15) is 0 Å². The summed E-state index contributed by atoms with van der Waals surface area (Å²) in [6, 6.07) is 1.76. The maximum Gasteiger partial charge on any atom is 0.224 e. The van der Waals surface area contributed by atoms with Gasteiger partial charge in [0, 0.05) is 20.2 Å². The Hall–Kier alpha value is -1.35. The van der Waals surface area contributed by atoms with E-state index in [0.29, 0.717) is 22.8 Å². The molecule has 1 aromatic carbocycles. The van der Waals surface area contributed by atoms with Gasteiger partial charge in [0.2, 0.25) is 5.28 Å². The van der Waals surface area contributed by atoms with Gasteiger partial charge in [-0.3, -0.25) is 0 Å². The zero-order valence-corrected chi connectivity index (χ0v) is 14.9. The summed E-state index contributed by atoms with van der Waals surface area (Å²) in [4.78, 5) is 14.6. The van der Waals surface area contributed by atoms with E-state index in [0.717, 1.165) is 8.96 Å². The molecule has 2 aromatic rings. The molecule has 0 saturated carbocycles. The Labute approximate surface area is 141 Å². The number of halogens is 2. The van der Waals surface area contributed by atoms with Crippen molar-refractivity contribution in [2.24, 2.45) is 4.99 Å². The molecule has 0 saturated heterocycles. The van der Waals surface area contributed by atoms with E-state index in [-0.39, 0.29) is 5.28 Å². The van der Waals surface area contributed by atoms with Crippen molar-refractivity contribution in [3.63, 3.8) is 0 Å². The standard InChI is InChI=1S/C13H14ClIN4O2/c1-19(2)6-16-12-9-7(17-13(14)18-12)5-8(20-3)11(21-4)10(9)15/h5-6H,1-4H3. The Balaban J connectivity index is 2.80. The van der Waals surface area contributed by atoms with Gasteiger partial charge in [-0.2, -0.15) is 4.98 Å². The summed E-state index contributed by atoms with van der Waals surface area (Å²) >= 11 is 8.14. The van der Waals surface area contributed by atoms with Crippen LogP contribution in [0.15, 0.2) is 11.1 Å². The topological polar surface area (TPSA) is 59.8 Å². The number of hydrogen-bond donors (Lipinski definition) is 0. The van der Waals surface area contributed by atoms with Gasteiger partial charge in [0.15, 0.2) is 17.3 Å². The zero-order valence-electron chi connectivity index (χ0n) is 12.0. The van der Waals surface area contributed by atoms with Gasteiger partial charge in [0.1, 0.15) is 0 Å². The van der Waals surface area contributed by atoms with Crippen LogP contribution in [0.2, 0.25) is 5.28 Å². The van der Waals surface area contributed by atoms with Crippen molar-refractivity contribution in [2.45, 2.75) is 0 Å². The second-order valence-corrected chi connectivity index (χ2v) is 5.76. The van der Waals surface area contributed by atoms with Crippen molar-refractivity contribution in [1.82, 2.24) is 14.9 Å². The van der Waals surface area contributed by atoms with Crippen LogP contribution in [0.5, 0.6) is 11.5 Å². The molecule has 0 fully saturated rings. The van der Waals surface area contributed by atoms with Gasteiger partial charge in [-0.25, -0.2) is 9.98 Å². The molecular formula is C13H14ClIN4O2. The fourth-order valence-electron chi connectivity index (χ4n) is 1.77. The monoisotopic (exact) mass is 420 g/mol. The number of aliphatic imine (C=N–C) groups is 1. The Morgan fingerprint density at radius 1 is 1.29 bits per heavy atom. The first-order valence-corrected chi connectivity index (χ1v) is 7.42. The first-order chi connectivity index (χ1) is 9.97. The van der Waals surface area contributed by atoms with Crippen molar-refractivity contribution in [2.75, 3.05) is 28.3 Å². The predicted octanol–water partition coefficient (Wildman–Crippen LogP) is 3.13. The van der Waals surface area contributed by atoms with Crippen LogP contribution in [-0.2, 0) is 0 Å². The van der Waals surface area contributed by atoms with Crippen LogP contribution in [0, 0.1) is 3.57 Å². The average molecular weight is 421 g/mol. The summed E-state index contributed by atoms with van der Waals surface area (Å²) < 4.78 is 11.6. The van der Waals surface area contributed by atoms with Gasteiger partial charge in [-0.15, -0.1) is 0 Å². The van der Waals surface area contributed by atoms with Crippen LogP contribution in [-0.4, -0.2) is 49.5 Å². The van der Waals surface area contributed by atoms with Gasteiger partial charge in [-0.05, 0) is 34.2 Å². The van der Waals surface area contributed by atoms with E-state index >= 15 is 0 Å². The fourth-order valence-corrected chi connectivity index (χ4v) is 2.94. The van der Waals surface area contributed by atoms with Gasteiger partial charge in [0.05, 0.1) is 35.0 Å². The quantitative estimate of drug-likeness (QED) is 0.329. The van der Waals surface area contributed by atoms with Gasteiger partial charge >= 0.3 is 0 Å².